The first-order valence-electron chi connectivity index (χ1n) is 10.2. The first kappa shape index (κ1) is 22.1. The van der Waals surface area contributed by atoms with Gasteiger partial charge in [-0.3, -0.25) is 0 Å². The number of nitrogens with zero attached hydrogens (tertiary/aromatic N) is 3. The van der Waals surface area contributed by atoms with E-state index in [2.05, 4.69) is 4.98 Å². The second kappa shape index (κ2) is 7.91. The predicted octanol–water partition coefficient (Wildman–Crippen LogP) is 3.90. The fourth-order valence-corrected chi connectivity index (χ4v) is 3.62. The maximum absolute atomic E-state index is 12.7. The SMILES string of the molecule is CC(C)(C)OC(=O)N1CCC(c2cn(C(=O)OC(C)(C)C)c3ncccc23)C(O)C1. The summed E-state index contributed by atoms with van der Waals surface area (Å²) in [5.41, 5.74) is 0.0792. The van der Waals surface area contributed by atoms with E-state index in [1.807, 2.05) is 26.8 Å². The number of aliphatic hydroxyl groups excluding tert-OH is 1. The molecule has 1 aliphatic rings. The van der Waals surface area contributed by atoms with Crippen LogP contribution in [0.3, 0.4) is 0 Å². The van der Waals surface area contributed by atoms with Crippen LogP contribution >= 0.6 is 0 Å². The van der Waals surface area contributed by atoms with Gasteiger partial charge in [-0.15, -0.1) is 0 Å². The van der Waals surface area contributed by atoms with Gasteiger partial charge < -0.3 is 19.5 Å². The molecule has 1 amide bonds. The molecule has 3 heterocycles. The molecule has 3 rings (SSSR count). The number of rotatable bonds is 1. The van der Waals surface area contributed by atoms with Gasteiger partial charge in [0.2, 0.25) is 0 Å². The summed E-state index contributed by atoms with van der Waals surface area (Å²) in [5, 5.41) is 11.6. The first-order valence-corrected chi connectivity index (χ1v) is 10.2. The van der Waals surface area contributed by atoms with E-state index in [1.54, 1.807) is 39.2 Å². The summed E-state index contributed by atoms with van der Waals surface area (Å²) in [6.45, 7) is 11.5. The number of pyridine rings is 1. The van der Waals surface area contributed by atoms with Crippen molar-refractivity contribution in [1.82, 2.24) is 14.5 Å². The number of β-amino-alcohol motifs (C(OH)–C–C–N with tert-alkyl or cyclic N) is 1. The van der Waals surface area contributed by atoms with E-state index in [0.717, 1.165) is 10.9 Å². The Labute approximate surface area is 176 Å². The van der Waals surface area contributed by atoms with Crippen LogP contribution in [0.25, 0.3) is 11.0 Å². The number of amides is 1. The third-order valence-corrected chi connectivity index (χ3v) is 4.82. The fraction of sp³-hybridized carbons (Fsp3) is 0.591. The van der Waals surface area contributed by atoms with E-state index < -0.39 is 29.5 Å². The molecule has 0 aromatic carbocycles. The zero-order chi connectivity index (χ0) is 22.3. The lowest BCUT2D eigenvalue weighted by molar-refractivity contribution is -0.00139. The van der Waals surface area contributed by atoms with Gasteiger partial charge in [-0.1, -0.05) is 0 Å². The summed E-state index contributed by atoms with van der Waals surface area (Å²) < 4.78 is 12.3. The Balaban J connectivity index is 1.86. The van der Waals surface area contributed by atoms with Crippen molar-refractivity contribution in [2.24, 2.45) is 0 Å². The standard InChI is InChI=1S/C22H31N3O5/c1-21(2,3)29-19(27)24-11-9-14(17(26)13-24)16-12-25(20(28)30-22(4,5)6)18-15(16)8-7-10-23-18/h7-8,10,12,14,17,26H,9,11,13H2,1-6H3. The highest BCUT2D eigenvalue weighted by Crippen LogP contribution is 2.35. The molecule has 2 aromatic heterocycles. The quantitative estimate of drug-likeness (QED) is 0.756. The molecule has 2 unspecified atom stereocenters. The van der Waals surface area contributed by atoms with Crippen molar-refractivity contribution in [2.45, 2.75) is 71.2 Å². The van der Waals surface area contributed by atoms with Crippen molar-refractivity contribution in [3.63, 3.8) is 0 Å². The van der Waals surface area contributed by atoms with Crippen molar-refractivity contribution in [3.05, 3.63) is 30.1 Å². The number of carbonyl (C=O) groups is 2. The molecule has 0 radical (unpaired) electrons. The van der Waals surface area contributed by atoms with E-state index in [9.17, 15) is 14.7 Å². The van der Waals surface area contributed by atoms with E-state index in [0.29, 0.717) is 18.6 Å². The molecule has 0 saturated carbocycles. The van der Waals surface area contributed by atoms with Crippen molar-refractivity contribution in [2.75, 3.05) is 13.1 Å². The minimum atomic E-state index is -0.788. The molecule has 0 aliphatic carbocycles. The molecule has 2 atom stereocenters. The molecule has 8 heteroatoms. The molecule has 8 nitrogen and oxygen atoms in total. The van der Waals surface area contributed by atoms with Gasteiger partial charge in [-0.2, -0.15) is 0 Å². The lowest BCUT2D eigenvalue weighted by Gasteiger charge is -2.36. The molecule has 1 fully saturated rings. The number of hydrogen-bond donors (Lipinski definition) is 1. The third-order valence-electron chi connectivity index (χ3n) is 4.82. The Morgan fingerprint density at radius 3 is 2.33 bits per heavy atom. The molecular weight excluding hydrogens is 386 g/mol. The van der Waals surface area contributed by atoms with Crippen LogP contribution in [0.4, 0.5) is 9.59 Å². The lowest BCUT2D eigenvalue weighted by Crippen LogP contribution is -2.47. The summed E-state index contributed by atoms with van der Waals surface area (Å²) >= 11 is 0. The number of carbonyl (C=O) groups excluding carboxylic acids is 2. The molecule has 1 N–H and O–H groups in total. The van der Waals surface area contributed by atoms with Crippen LogP contribution < -0.4 is 0 Å². The van der Waals surface area contributed by atoms with Crippen molar-refractivity contribution in [3.8, 4) is 0 Å². The highest BCUT2D eigenvalue weighted by atomic mass is 16.6. The number of fused-ring (bicyclic) bond motifs is 1. The van der Waals surface area contributed by atoms with Gasteiger partial charge in [-0.25, -0.2) is 19.1 Å². The second-order valence-electron chi connectivity index (χ2n) is 9.70. The fourth-order valence-electron chi connectivity index (χ4n) is 3.62. The van der Waals surface area contributed by atoms with E-state index in [1.165, 1.54) is 9.47 Å². The average molecular weight is 418 g/mol. The van der Waals surface area contributed by atoms with Crippen LogP contribution in [-0.2, 0) is 9.47 Å². The first-order chi connectivity index (χ1) is 13.9. The van der Waals surface area contributed by atoms with Crippen molar-refractivity contribution < 1.29 is 24.2 Å². The molecule has 1 saturated heterocycles. The van der Waals surface area contributed by atoms with Gasteiger partial charge in [0.1, 0.15) is 16.8 Å². The number of hydrogen-bond acceptors (Lipinski definition) is 6. The second-order valence-corrected chi connectivity index (χ2v) is 9.70. The third kappa shape index (κ3) is 4.92. The molecule has 0 bridgehead atoms. The summed E-state index contributed by atoms with van der Waals surface area (Å²) in [4.78, 5) is 30.9. The molecule has 2 aromatic rings. The van der Waals surface area contributed by atoms with E-state index in [-0.39, 0.29) is 12.5 Å². The Bertz CT molecular complexity index is 938. The normalized spacial score (nSPS) is 20.3. The minimum Gasteiger partial charge on any atom is -0.444 e. The molecule has 1 aliphatic heterocycles. The number of ether oxygens (including phenoxy) is 2. The van der Waals surface area contributed by atoms with E-state index >= 15 is 0 Å². The summed E-state index contributed by atoms with van der Waals surface area (Å²) in [7, 11) is 0. The highest BCUT2D eigenvalue weighted by Gasteiger charge is 2.35. The zero-order valence-corrected chi connectivity index (χ0v) is 18.5. The van der Waals surface area contributed by atoms with Crippen LogP contribution in [0, 0.1) is 0 Å². The maximum Gasteiger partial charge on any atom is 0.420 e. The van der Waals surface area contributed by atoms with Crippen LogP contribution in [0.2, 0.25) is 0 Å². The number of piperidine rings is 1. The lowest BCUT2D eigenvalue weighted by atomic mass is 9.87. The Morgan fingerprint density at radius 2 is 1.73 bits per heavy atom. The largest absolute Gasteiger partial charge is 0.444 e. The van der Waals surface area contributed by atoms with Gasteiger partial charge in [0.25, 0.3) is 0 Å². The number of aliphatic hydroxyl groups is 1. The average Bonchev–Trinajstić information content (AvgIpc) is 2.98. The Morgan fingerprint density at radius 1 is 1.10 bits per heavy atom. The Hall–Kier alpha value is -2.61. The van der Waals surface area contributed by atoms with Crippen molar-refractivity contribution >= 4 is 23.2 Å². The van der Waals surface area contributed by atoms with Crippen LogP contribution in [-0.4, -0.2) is 62.1 Å². The summed E-state index contributed by atoms with van der Waals surface area (Å²) in [6, 6.07) is 3.68. The van der Waals surface area contributed by atoms with Gasteiger partial charge in [0.05, 0.1) is 12.6 Å². The summed E-state index contributed by atoms with van der Waals surface area (Å²) in [6.07, 6.45) is 2.13. The van der Waals surface area contributed by atoms with Gasteiger partial charge in [0, 0.05) is 30.2 Å². The zero-order valence-electron chi connectivity index (χ0n) is 18.5. The molecule has 30 heavy (non-hydrogen) atoms. The highest BCUT2D eigenvalue weighted by molar-refractivity contribution is 5.90. The maximum atomic E-state index is 12.7. The number of aromatic nitrogens is 2. The Kier molecular flexibility index (Phi) is 5.82. The van der Waals surface area contributed by atoms with Crippen LogP contribution in [0.15, 0.2) is 24.5 Å². The van der Waals surface area contributed by atoms with Gasteiger partial charge in [-0.05, 0) is 65.7 Å². The van der Waals surface area contributed by atoms with Crippen LogP contribution in [0.5, 0.6) is 0 Å². The van der Waals surface area contributed by atoms with Gasteiger partial charge >= 0.3 is 12.2 Å². The topological polar surface area (TPSA) is 93.9 Å². The van der Waals surface area contributed by atoms with Gasteiger partial charge in [0.15, 0.2) is 0 Å². The predicted molar refractivity (Wildman–Crippen MR) is 113 cm³/mol. The summed E-state index contributed by atoms with van der Waals surface area (Å²) in [5.74, 6) is -0.237. The van der Waals surface area contributed by atoms with E-state index in [4.69, 9.17) is 9.47 Å². The molecule has 0 spiro atoms. The minimum absolute atomic E-state index is 0.166. The monoisotopic (exact) mass is 417 g/mol. The van der Waals surface area contributed by atoms with Crippen molar-refractivity contribution in [1.29, 1.82) is 0 Å². The molecular formula is C22H31N3O5. The molecule has 164 valence electrons. The number of likely N-dealkylation sites (tertiary alicyclic amines) is 1. The van der Waals surface area contributed by atoms with Crippen LogP contribution in [0.1, 0.15) is 59.4 Å². The smallest absolute Gasteiger partial charge is 0.420 e.